The molecule has 6 nitrogen and oxygen atoms in total. The zero-order valence-electron chi connectivity index (χ0n) is 18.2. The first-order valence-electron chi connectivity index (χ1n) is 10.3. The van der Waals surface area contributed by atoms with Gasteiger partial charge in [0.25, 0.3) is 0 Å². The Morgan fingerprint density at radius 2 is 1.66 bits per heavy atom. The molecule has 3 rings (SSSR count). The number of likely N-dealkylation sites (N-methyl/N-ethyl adjacent to an activating group) is 1. The molecule has 0 fully saturated rings. The molecule has 0 saturated heterocycles. The summed E-state index contributed by atoms with van der Waals surface area (Å²) in [5.74, 6) is -0.0104. The summed E-state index contributed by atoms with van der Waals surface area (Å²) < 4.78 is 24.2. The second-order valence-corrected chi connectivity index (χ2v) is 9.65. The van der Waals surface area contributed by atoms with Gasteiger partial charge in [-0.2, -0.15) is 0 Å². The lowest BCUT2D eigenvalue weighted by molar-refractivity contribution is -0.130. The van der Waals surface area contributed by atoms with Crippen molar-refractivity contribution in [3.8, 4) is 11.1 Å². The van der Waals surface area contributed by atoms with E-state index < -0.39 is 9.84 Å². The van der Waals surface area contributed by atoms with Crippen LogP contribution in [-0.4, -0.2) is 37.9 Å². The fraction of sp³-hybridized carbons (Fsp3) is 0.200. The zero-order valence-corrected chi connectivity index (χ0v) is 19.0. The molecule has 0 heterocycles. The van der Waals surface area contributed by atoms with Crippen LogP contribution in [0, 0.1) is 5.41 Å². The molecule has 166 valence electrons. The summed E-state index contributed by atoms with van der Waals surface area (Å²) in [6.07, 6.45) is 1.44. The molecule has 0 atom stereocenters. The summed E-state index contributed by atoms with van der Waals surface area (Å²) in [6, 6.07) is 21.6. The highest BCUT2D eigenvalue weighted by molar-refractivity contribution is 7.90. The second kappa shape index (κ2) is 9.78. The van der Waals surface area contributed by atoms with E-state index in [1.54, 1.807) is 29.2 Å². The van der Waals surface area contributed by atoms with Gasteiger partial charge in [-0.05, 0) is 35.7 Å². The van der Waals surface area contributed by atoms with Gasteiger partial charge in [-0.1, -0.05) is 60.7 Å². The molecule has 0 bridgehead atoms. The van der Waals surface area contributed by atoms with Crippen LogP contribution in [0.5, 0.6) is 0 Å². The van der Waals surface area contributed by atoms with Crippen molar-refractivity contribution in [3.63, 3.8) is 0 Å². The average molecular weight is 450 g/mol. The van der Waals surface area contributed by atoms with Crippen molar-refractivity contribution in [2.75, 3.05) is 12.8 Å². The molecule has 0 unspecified atom stereocenters. The molecule has 32 heavy (non-hydrogen) atoms. The van der Waals surface area contributed by atoms with Crippen LogP contribution in [0.25, 0.3) is 11.1 Å². The lowest BCUT2D eigenvalue weighted by atomic mass is 10.0. The van der Waals surface area contributed by atoms with E-state index >= 15 is 0 Å². The maximum Gasteiger partial charge on any atom is 0.227 e. The van der Waals surface area contributed by atoms with Gasteiger partial charge in [0.1, 0.15) is 5.84 Å². The van der Waals surface area contributed by atoms with Gasteiger partial charge < -0.3 is 10.6 Å². The maximum atomic E-state index is 12.9. The first-order chi connectivity index (χ1) is 15.2. The van der Waals surface area contributed by atoms with Gasteiger partial charge in [0.2, 0.25) is 5.91 Å². The average Bonchev–Trinajstić information content (AvgIpc) is 2.77. The fourth-order valence-corrected chi connectivity index (χ4v) is 4.46. The Morgan fingerprint density at radius 3 is 2.28 bits per heavy atom. The summed E-state index contributed by atoms with van der Waals surface area (Å²) >= 11 is 0. The minimum Gasteiger partial charge on any atom is -0.384 e. The minimum absolute atomic E-state index is 0.00115. The number of amides is 1. The molecular formula is C25H27N3O3S. The van der Waals surface area contributed by atoms with Crippen molar-refractivity contribution in [1.29, 1.82) is 5.41 Å². The predicted molar refractivity (Wildman–Crippen MR) is 127 cm³/mol. The summed E-state index contributed by atoms with van der Waals surface area (Å²) in [6.45, 7) is 2.93. The number of hydrogen-bond acceptors (Lipinski definition) is 4. The minimum atomic E-state index is -3.35. The van der Waals surface area contributed by atoms with Crippen molar-refractivity contribution in [3.05, 3.63) is 89.5 Å². The molecule has 1 amide bonds. The lowest BCUT2D eigenvalue weighted by Gasteiger charge is -2.21. The Morgan fingerprint density at radius 1 is 0.969 bits per heavy atom. The molecule has 7 heteroatoms. The van der Waals surface area contributed by atoms with Gasteiger partial charge in [-0.25, -0.2) is 8.42 Å². The third-order valence-corrected chi connectivity index (χ3v) is 6.41. The van der Waals surface area contributed by atoms with Gasteiger partial charge in [-0.15, -0.1) is 0 Å². The number of nitrogen functional groups attached to an aromatic ring is 1. The molecule has 0 saturated carbocycles. The molecule has 3 N–H and O–H groups in total. The third kappa shape index (κ3) is 5.62. The highest BCUT2D eigenvalue weighted by Gasteiger charge is 2.16. The van der Waals surface area contributed by atoms with Crippen molar-refractivity contribution in [2.45, 2.75) is 24.8 Å². The number of hydrogen-bond donors (Lipinski definition) is 2. The van der Waals surface area contributed by atoms with Crippen LogP contribution in [-0.2, 0) is 27.6 Å². The molecule has 3 aromatic rings. The smallest absolute Gasteiger partial charge is 0.227 e. The van der Waals surface area contributed by atoms with E-state index in [-0.39, 0.29) is 23.1 Å². The first-order valence-corrected chi connectivity index (χ1v) is 12.2. The third-order valence-electron chi connectivity index (χ3n) is 5.25. The van der Waals surface area contributed by atoms with Crippen LogP contribution in [0.3, 0.4) is 0 Å². The van der Waals surface area contributed by atoms with Crippen LogP contribution in [0.2, 0.25) is 0 Å². The largest absolute Gasteiger partial charge is 0.384 e. The highest BCUT2D eigenvalue weighted by atomic mass is 32.2. The van der Waals surface area contributed by atoms with Gasteiger partial charge in [0, 0.05) is 30.5 Å². The molecule has 0 aliphatic rings. The summed E-state index contributed by atoms with van der Waals surface area (Å²) in [5, 5.41) is 7.58. The van der Waals surface area contributed by atoms with Crippen molar-refractivity contribution < 1.29 is 13.2 Å². The topological polar surface area (TPSA) is 104 Å². The fourth-order valence-electron chi connectivity index (χ4n) is 3.55. The molecular weight excluding hydrogens is 422 g/mol. The second-order valence-electron chi connectivity index (χ2n) is 7.66. The number of sulfone groups is 1. The lowest BCUT2D eigenvalue weighted by Crippen LogP contribution is -2.31. The number of nitrogens with two attached hydrogens (primary N) is 1. The van der Waals surface area contributed by atoms with Crippen LogP contribution in [0.1, 0.15) is 23.6 Å². The van der Waals surface area contributed by atoms with E-state index in [4.69, 9.17) is 11.1 Å². The molecule has 0 aliphatic heterocycles. The predicted octanol–water partition coefficient (Wildman–Crippen LogP) is 3.63. The number of carbonyl (C=O) groups is 1. The standard InChI is InChI=1S/C25H27N3O3S/c1-3-28(17-19-7-6-8-21(15-19)25(26)27)24(29)16-18-11-13-20(14-12-18)22-9-4-5-10-23(22)32(2,30)31/h4-15H,3,16-17H2,1-2H3,(H3,26,27). The molecule has 3 aromatic carbocycles. The Balaban J connectivity index is 1.74. The Hall–Kier alpha value is -3.45. The summed E-state index contributed by atoms with van der Waals surface area (Å²) in [7, 11) is -3.35. The zero-order chi connectivity index (χ0) is 23.3. The number of amidine groups is 1. The van der Waals surface area contributed by atoms with Crippen molar-refractivity contribution >= 4 is 21.6 Å². The normalized spacial score (nSPS) is 11.2. The molecule has 0 spiro atoms. The van der Waals surface area contributed by atoms with Gasteiger partial charge in [0.15, 0.2) is 9.84 Å². The van der Waals surface area contributed by atoms with Crippen molar-refractivity contribution in [2.24, 2.45) is 5.73 Å². The van der Waals surface area contributed by atoms with E-state index in [1.807, 2.05) is 55.5 Å². The van der Waals surface area contributed by atoms with Crippen LogP contribution >= 0.6 is 0 Å². The molecule has 0 aliphatic carbocycles. The first kappa shape index (κ1) is 23.2. The Kier molecular flexibility index (Phi) is 7.10. The molecule has 0 aromatic heterocycles. The Labute approximate surface area is 189 Å². The number of carbonyl (C=O) groups excluding carboxylic acids is 1. The van der Waals surface area contributed by atoms with Gasteiger partial charge >= 0.3 is 0 Å². The maximum absolute atomic E-state index is 12.9. The van der Waals surface area contributed by atoms with E-state index in [1.165, 1.54) is 6.26 Å². The van der Waals surface area contributed by atoms with Gasteiger partial charge in [0.05, 0.1) is 11.3 Å². The number of benzene rings is 3. The van der Waals surface area contributed by atoms with E-state index in [2.05, 4.69) is 0 Å². The van der Waals surface area contributed by atoms with Crippen LogP contribution in [0.15, 0.2) is 77.7 Å². The van der Waals surface area contributed by atoms with Crippen molar-refractivity contribution in [1.82, 2.24) is 4.90 Å². The van der Waals surface area contributed by atoms with E-state index in [0.29, 0.717) is 24.2 Å². The Bertz CT molecular complexity index is 1240. The van der Waals surface area contributed by atoms with Gasteiger partial charge in [-0.3, -0.25) is 10.2 Å². The SMILES string of the molecule is CCN(Cc1cccc(C(=N)N)c1)C(=O)Cc1ccc(-c2ccccc2S(C)(=O)=O)cc1. The molecule has 0 radical (unpaired) electrons. The van der Waals surface area contributed by atoms with E-state index in [0.717, 1.165) is 16.7 Å². The summed E-state index contributed by atoms with van der Waals surface area (Å²) in [4.78, 5) is 14.9. The number of rotatable bonds is 8. The number of nitrogens with one attached hydrogen (secondary N) is 1. The monoisotopic (exact) mass is 449 g/mol. The quantitative estimate of drug-likeness (QED) is 0.405. The van der Waals surface area contributed by atoms with Crippen LogP contribution in [0.4, 0.5) is 0 Å². The number of nitrogens with zero attached hydrogens (tertiary/aromatic N) is 1. The highest BCUT2D eigenvalue weighted by Crippen LogP contribution is 2.27. The van der Waals surface area contributed by atoms with Crippen LogP contribution < -0.4 is 5.73 Å². The van der Waals surface area contributed by atoms with E-state index in [9.17, 15) is 13.2 Å². The summed E-state index contributed by atoms with van der Waals surface area (Å²) in [5.41, 5.74) is 9.40.